The third kappa shape index (κ3) is 5.39. The fourth-order valence-electron chi connectivity index (χ4n) is 0.960. The first kappa shape index (κ1) is 14.7. The SMILES string of the molecule is COc1ccccc1NCS(=O)(=O)O.[Na]. The van der Waals surface area contributed by atoms with Crippen LogP contribution in [0.4, 0.5) is 5.69 Å². The predicted molar refractivity (Wildman–Crippen MR) is 58.8 cm³/mol. The van der Waals surface area contributed by atoms with E-state index in [-0.39, 0.29) is 29.6 Å². The van der Waals surface area contributed by atoms with Crippen molar-refractivity contribution in [3.63, 3.8) is 0 Å². The van der Waals surface area contributed by atoms with Crippen molar-refractivity contribution in [3.05, 3.63) is 24.3 Å². The Morgan fingerprint density at radius 3 is 2.53 bits per heavy atom. The Morgan fingerprint density at radius 2 is 2.00 bits per heavy atom. The first-order chi connectivity index (χ1) is 6.53. The quantitative estimate of drug-likeness (QED) is 0.594. The van der Waals surface area contributed by atoms with E-state index in [0.29, 0.717) is 11.4 Å². The Bertz CT molecular complexity index is 407. The van der Waals surface area contributed by atoms with Gasteiger partial charge in [-0.1, -0.05) is 12.1 Å². The maximum Gasteiger partial charge on any atom is 0.283 e. The Balaban J connectivity index is 0.00000196. The molecular formula is C8H11NNaO4S. The van der Waals surface area contributed by atoms with E-state index in [2.05, 4.69) is 5.32 Å². The average molecular weight is 240 g/mol. The standard InChI is InChI=1S/C8H11NO4S.Na/c1-13-8-5-3-2-4-7(8)9-6-14(10,11)12;/h2-5,9H,6H2,1H3,(H,10,11,12);. The van der Waals surface area contributed by atoms with Crippen LogP contribution in [0, 0.1) is 0 Å². The number of rotatable bonds is 4. The molecule has 0 aliphatic heterocycles. The molecule has 0 unspecified atom stereocenters. The number of nitrogens with one attached hydrogen (secondary N) is 1. The molecule has 0 aliphatic rings. The molecule has 0 bridgehead atoms. The third-order valence-electron chi connectivity index (χ3n) is 1.55. The zero-order valence-corrected chi connectivity index (χ0v) is 11.4. The van der Waals surface area contributed by atoms with Gasteiger partial charge in [-0.25, -0.2) is 0 Å². The number of hydrogen-bond donors (Lipinski definition) is 2. The molecule has 2 N–H and O–H groups in total. The number of anilines is 1. The molecule has 0 amide bonds. The molecule has 0 aliphatic carbocycles. The van der Waals surface area contributed by atoms with Crippen molar-refractivity contribution < 1.29 is 17.7 Å². The zero-order chi connectivity index (χ0) is 10.6. The van der Waals surface area contributed by atoms with E-state index in [0.717, 1.165) is 0 Å². The number of ether oxygens (including phenoxy) is 1. The topological polar surface area (TPSA) is 75.6 Å². The van der Waals surface area contributed by atoms with Gasteiger partial charge in [0, 0.05) is 29.6 Å². The van der Waals surface area contributed by atoms with E-state index in [4.69, 9.17) is 9.29 Å². The van der Waals surface area contributed by atoms with Crippen LogP contribution in [0.2, 0.25) is 0 Å². The van der Waals surface area contributed by atoms with Crippen molar-refractivity contribution in [2.75, 3.05) is 18.3 Å². The Morgan fingerprint density at radius 1 is 1.40 bits per heavy atom. The summed E-state index contributed by atoms with van der Waals surface area (Å²) < 4.78 is 34.4. The minimum atomic E-state index is -4.01. The summed E-state index contributed by atoms with van der Waals surface area (Å²) in [7, 11) is -2.53. The van der Waals surface area contributed by atoms with Crippen LogP contribution in [0.5, 0.6) is 5.75 Å². The third-order valence-corrected chi connectivity index (χ3v) is 2.06. The molecule has 0 aromatic heterocycles. The Hall–Kier alpha value is -0.270. The van der Waals surface area contributed by atoms with Gasteiger partial charge in [0.1, 0.15) is 11.6 Å². The van der Waals surface area contributed by atoms with Crippen molar-refractivity contribution in [1.29, 1.82) is 0 Å². The summed E-state index contributed by atoms with van der Waals surface area (Å²) in [4.78, 5) is 0. The van der Waals surface area contributed by atoms with Gasteiger partial charge in [-0.3, -0.25) is 4.55 Å². The number of para-hydroxylation sites is 2. The summed E-state index contributed by atoms with van der Waals surface area (Å²) in [5.41, 5.74) is 0.521. The monoisotopic (exact) mass is 240 g/mol. The minimum Gasteiger partial charge on any atom is -0.495 e. The van der Waals surface area contributed by atoms with Gasteiger partial charge < -0.3 is 10.1 Å². The summed E-state index contributed by atoms with van der Waals surface area (Å²) in [6.45, 7) is 0. The molecule has 7 heteroatoms. The first-order valence-electron chi connectivity index (χ1n) is 3.85. The largest absolute Gasteiger partial charge is 0.495 e. The van der Waals surface area contributed by atoms with E-state index in [1.807, 2.05) is 0 Å². The Kier molecular flexibility index (Phi) is 6.23. The molecule has 1 radical (unpaired) electrons. The van der Waals surface area contributed by atoms with Crippen LogP contribution >= 0.6 is 0 Å². The van der Waals surface area contributed by atoms with Crippen LogP contribution in [-0.4, -0.2) is 55.5 Å². The van der Waals surface area contributed by atoms with Crippen molar-refractivity contribution in [2.45, 2.75) is 0 Å². The molecule has 15 heavy (non-hydrogen) atoms. The molecule has 0 fully saturated rings. The van der Waals surface area contributed by atoms with E-state index in [1.54, 1.807) is 24.3 Å². The fraction of sp³-hybridized carbons (Fsp3) is 0.250. The number of hydrogen-bond acceptors (Lipinski definition) is 4. The maximum absolute atomic E-state index is 10.5. The van der Waals surface area contributed by atoms with E-state index in [9.17, 15) is 8.42 Å². The van der Waals surface area contributed by atoms with Gasteiger partial charge in [-0.15, -0.1) is 0 Å². The van der Waals surface area contributed by atoms with Gasteiger partial charge in [-0.05, 0) is 12.1 Å². The minimum absolute atomic E-state index is 0. The van der Waals surface area contributed by atoms with Crippen molar-refractivity contribution >= 4 is 45.4 Å². The van der Waals surface area contributed by atoms with Crippen LogP contribution in [0.25, 0.3) is 0 Å². The maximum atomic E-state index is 10.5. The molecule has 0 atom stereocenters. The van der Waals surface area contributed by atoms with Gasteiger partial charge in [0.2, 0.25) is 0 Å². The van der Waals surface area contributed by atoms with Crippen LogP contribution in [0.1, 0.15) is 0 Å². The summed E-state index contributed by atoms with van der Waals surface area (Å²) >= 11 is 0. The van der Waals surface area contributed by atoms with Crippen molar-refractivity contribution in [1.82, 2.24) is 0 Å². The molecule has 1 aromatic rings. The summed E-state index contributed by atoms with van der Waals surface area (Å²) in [5.74, 6) is -0.0101. The fourth-order valence-corrected chi connectivity index (χ4v) is 1.30. The molecule has 79 valence electrons. The van der Waals surface area contributed by atoms with Gasteiger partial charge in [0.05, 0.1) is 12.8 Å². The summed E-state index contributed by atoms with van der Waals surface area (Å²) in [5, 5.41) is 2.54. The van der Waals surface area contributed by atoms with Gasteiger partial charge in [0.15, 0.2) is 0 Å². The van der Waals surface area contributed by atoms with Crippen LogP contribution in [0.15, 0.2) is 24.3 Å². The molecular weight excluding hydrogens is 229 g/mol. The molecule has 5 nitrogen and oxygen atoms in total. The first-order valence-corrected chi connectivity index (χ1v) is 5.46. The second-order valence-electron chi connectivity index (χ2n) is 2.60. The van der Waals surface area contributed by atoms with Gasteiger partial charge in [-0.2, -0.15) is 8.42 Å². The molecule has 0 saturated heterocycles. The summed E-state index contributed by atoms with van der Waals surface area (Å²) in [6.07, 6.45) is 0. The normalized spacial score (nSPS) is 10.3. The van der Waals surface area contributed by atoms with Gasteiger partial charge in [0.25, 0.3) is 10.1 Å². The van der Waals surface area contributed by atoms with Crippen LogP contribution in [0.3, 0.4) is 0 Å². The number of benzene rings is 1. The summed E-state index contributed by atoms with van der Waals surface area (Å²) in [6, 6.07) is 6.84. The van der Waals surface area contributed by atoms with E-state index in [1.165, 1.54) is 7.11 Å². The molecule has 1 rings (SSSR count). The van der Waals surface area contributed by atoms with Crippen molar-refractivity contribution in [2.24, 2.45) is 0 Å². The second-order valence-corrected chi connectivity index (χ2v) is 4.06. The van der Waals surface area contributed by atoms with Crippen LogP contribution in [-0.2, 0) is 10.1 Å². The van der Waals surface area contributed by atoms with E-state index >= 15 is 0 Å². The molecule has 1 aromatic carbocycles. The van der Waals surface area contributed by atoms with E-state index < -0.39 is 16.0 Å². The molecule has 0 spiro atoms. The smallest absolute Gasteiger partial charge is 0.283 e. The molecule has 0 heterocycles. The van der Waals surface area contributed by atoms with Crippen LogP contribution < -0.4 is 10.1 Å². The van der Waals surface area contributed by atoms with Gasteiger partial charge >= 0.3 is 0 Å². The molecule has 0 saturated carbocycles. The van der Waals surface area contributed by atoms with Crippen molar-refractivity contribution in [3.8, 4) is 5.75 Å². The Labute approximate surface area is 111 Å². The zero-order valence-electron chi connectivity index (χ0n) is 8.60. The second kappa shape index (κ2) is 6.34. The average Bonchev–Trinajstić information content (AvgIpc) is 2.14. The predicted octanol–water partition coefficient (Wildman–Crippen LogP) is 0.572. The number of methoxy groups -OCH3 is 1.